The molecule has 0 aliphatic carbocycles. The van der Waals surface area contributed by atoms with E-state index >= 15 is 0 Å². The first kappa shape index (κ1) is 18.0. The summed E-state index contributed by atoms with van der Waals surface area (Å²) in [5.41, 5.74) is 4.54. The molecule has 0 saturated carbocycles. The Labute approximate surface area is 157 Å². The van der Waals surface area contributed by atoms with Gasteiger partial charge in [0.25, 0.3) is 5.91 Å². The Morgan fingerprint density at radius 2 is 2.04 bits per heavy atom. The van der Waals surface area contributed by atoms with Crippen LogP contribution in [-0.2, 0) is 13.6 Å². The molecule has 134 valence electrons. The van der Waals surface area contributed by atoms with Gasteiger partial charge in [-0.25, -0.2) is 0 Å². The van der Waals surface area contributed by atoms with Crippen LogP contribution in [0.25, 0.3) is 0 Å². The second kappa shape index (κ2) is 8.05. The van der Waals surface area contributed by atoms with Crippen molar-refractivity contribution < 1.29 is 4.79 Å². The van der Waals surface area contributed by atoms with Crippen LogP contribution in [0.15, 0.2) is 53.8 Å². The number of aryl methyl sites for hydroxylation is 3. The highest BCUT2D eigenvalue weighted by molar-refractivity contribution is 8.00. The van der Waals surface area contributed by atoms with Crippen LogP contribution in [0.5, 0.6) is 0 Å². The topological polar surface area (TPSA) is 71.8 Å². The van der Waals surface area contributed by atoms with Crippen LogP contribution in [-0.4, -0.2) is 20.7 Å². The van der Waals surface area contributed by atoms with Gasteiger partial charge in [-0.2, -0.15) is 5.10 Å². The molecule has 0 saturated heterocycles. The lowest BCUT2D eigenvalue weighted by atomic mass is 10.1. The molecule has 0 bridgehead atoms. The first-order valence-electron chi connectivity index (χ1n) is 8.23. The molecule has 6 nitrogen and oxygen atoms in total. The molecule has 2 aromatic heterocycles. The lowest BCUT2D eigenvalue weighted by Crippen LogP contribution is -2.22. The zero-order chi connectivity index (χ0) is 18.5. The van der Waals surface area contributed by atoms with E-state index in [-0.39, 0.29) is 5.91 Å². The van der Waals surface area contributed by atoms with Crippen LogP contribution in [0.3, 0.4) is 0 Å². The summed E-state index contributed by atoms with van der Waals surface area (Å²) >= 11 is 1.47. The molecule has 1 aromatic carbocycles. The molecule has 0 fully saturated rings. The minimum atomic E-state index is -0.112. The molecule has 0 unspecified atom stereocenters. The average molecular weight is 367 g/mol. The van der Waals surface area contributed by atoms with Crippen molar-refractivity contribution >= 4 is 23.5 Å². The summed E-state index contributed by atoms with van der Waals surface area (Å²) in [7, 11) is 1.85. The lowest BCUT2D eigenvalue weighted by Gasteiger charge is -2.11. The first-order valence-corrected chi connectivity index (χ1v) is 9.05. The van der Waals surface area contributed by atoms with Gasteiger partial charge < -0.3 is 10.0 Å². The minimum Gasteiger partial charge on any atom is -0.348 e. The number of hydrogen-bond acceptors (Lipinski definition) is 5. The number of nitrogens with zero attached hydrogens (tertiary/aromatic N) is 3. The third-order valence-corrected chi connectivity index (χ3v) is 4.67. The van der Waals surface area contributed by atoms with Crippen molar-refractivity contribution in [2.75, 3.05) is 4.72 Å². The number of amides is 1. The Morgan fingerprint density at radius 1 is 1.19 bits per heavy atom. The number of pyridine rings is 1. The summed E-state index contributed by atoms with van der Waals surface area (Å²) in [5.74, 6) is -0.112. The summed E-state index contributed by atoms with van der Waals surface area (Å²) < 4.78 is 5.02. The molecule has 2 N–H and O–H groups in total. The predicted octanol–water partition coefficient (Wildman–Crippen LogP) is 3.48. The molecule has 3 rings (SSSR count). The third-order valence-electron chi connectivity index (χ3n) is 3.87. The van der Waals surface area contributed by atoms with Crippen molar-refractivity contribution in [2.24, 2.45) is 7.05 Å². The van der Waals surface area contributed by atoms with E-state index in [1.165, 1.54) is 11.9 Å². The number of anilines is 1. The Hall–Kier alpha value is -2.80. The zero-order valence-corrected chi connectivity index (χ0v) is 15.8. The van der Waals surface area contributed by atoms with Gasteiger partial charge >= 0.3 is 0 Å². The number of carbonyl (C=O) groups is 1. The Morgan fingerprint density at radius 3 is 2.73 bits per heavy atom. The highest BCUT2D eigenvalue weighted by Crippen LogP contribution is 2.24. The molecule has 2 heterocycles. The number of benzene rings is 1. The molecular formula is C19H21N5OS. The minimum absolute atomic E-state index is 0.112. The van der Waals surface area contributed by atoms with Gasteiger partial charge in [0.2, 0.25) is 0 Å². The second-order valence-electron chi connectivity index (χ2n) is 6.07. The SMILES string of the molecule is Cc1ccc(SNc2cc(C(=O)NCc3cnn(C)c3)ccc2C)cn1. The predicted molar refractivity (Wildman–Crippen MR) is 104 cm³/mol. The number of rotatable bonds is 6. The first-order chi connectivity index (χ1) is 12.5. The van der Waals surface area contributed by atoms with Crippen LogP contribution in [0.1, 0.15) is 27.2 Å². The highest BCUT2D eigenvalue weighted by Gasteiger charge is 2.09. The van der Waals surface area contributed by atoms with Crippen LogP contribution in [0.2, 0.25) is 0 Å². The second-order valence-corrected chi connectivity index (χ2v) is 6.95. The van der Waals surface area contributed by atoms with Crippen molar-refractivity contribution in [1.82, 2.24) is 20.1 Å². The van der Waals surface area contributed by atoms with E-state index in [0.717, 1.165) is 27.4 Å². The molecule has 0 radical (unpaired) electrons. The summed E-state index contributed by atoms with van der Waals surface area (Å²) in [6.45, 7) is 4.42. The largest absolute Gasteiger partial charge is 0.348 e. The Balaban J connectivity index is 1.64. The number of carbonyl (C=O) groups excluding carboxylic acids is 1. The molecule has 0 aliphatic heterocycles. The lowest BCUT2D eigenvalue weighted by molar-refractivity contribution is 0.0951. The van der Waals surface area contributed by atoms with Crippen LogP contribution in [0, 0.1) is 13.8 Å². The van der Waals surface area contributed by atoms with Gasteiger partial charge in [-0.05, 0) is 55.6 Å². The van der Waals surface area contributed by atoms with Crippen LogP contribution < -0.4 is 10.0 Å². The van der Waals surface area contributed by atoms with Gasteiger partial charge in [-0.15, -0.1) is 0 Å². The molecule has 3 aromatic rings. The number of hydrogen-bond donors (Lipinski definition) is 2. The molecule has 0 atom stereocenters. The van der Waals surface area contributed by atoms with Gasteiger partial charge in [0, 0.05) is 53.4 Å². The van der Waals surface area contributed by atoms with E-state index in [1.807, 2.05) is 63.6 Å². The Kier molecular flexibility index (Phi) is 5.58. The fourth-order valence-corrected chi connectivity index (χ4v) is 3.04. The van der Waals surface area contributed by atoms with E-state index in [0.29, 0.717) is 12.1 Å². The molecule has 26 heavy (non-hydrogen) atoms. The maximum atomic E-state index is 12.4. The molecule has 0 aliphatic rings. The molecule has 0 spiro atoms. The monoisotopic (exact) mass is 367 g/mol. The van der Waals surface area contributed by atoms with Gasteiger partial charge in [0.1, 0.15) is 0 Å². The summed E-state index contributed by atoms with van der Waals surface area (Å²) in [4.78, 5) is 17.7. The number of aromatic nitrogens is 3. The van der Waals surface area contributed by atoms with Gasteiger partial charge in [0.15, 0.2) is 0 Å². The van der Waals surface area contributed by atoms with Gasteiger partial charge in [0.05, 0.1) is 6.20 Å². The van der Waals surface area contributed by atoms with Gasteiger partial charge in [-0.3, -0.25) is 14.5 Å². The Bertz CT molecular complexity index is 905. The van der Waals surface area contributed by atoms with Gasteiger partial charge in [-0.1, -0.05) is 6.07 Å². The normalized spacial score (nSPS) is 10.6. The van der Waals surface area contributed by atoms with E-state index < -0.39 is 0 Å². The van der Waals surface area contributed by atoms with Crippen molar-refractivity contribution in [3.8, 4) is 0 Å². The molecule has 7 heteroatoms. The van der Waals surface area contributed by atoms with E-state index in [1.54, 1.807) is 10.9 Å². The van der Waals surface area contributed by atoms with Crippen molar-refractivity contribution in [1.29, 1.82) is 0 Å². The van der Waals surface area contributed by atoms with E-state index in [4.69, 9.17) is 0 Å². The number of nitrogens with one attached hydrogen (secondary N) is 2. The summed E-state index contributed by atoms with van der Waals surface area (Å²) in [6.07, 6.45) is 5.45. The molecule has 1 amide bonds. The highest BCUT2D eigenvalue weighted by atomic mass is 32.2. The van der Waals surface area contributed by atoms with E-state index in [2.05, 4.69) is 20.1 Å². The van der Waals surface area contributed by atoms with E-state index in [9.17, 15) is 4.79 Å². The van der Waals surface area contributed by atoms with Crippen LogP contribution in [0.4, 0.5) is 5.69 Å². The summed E-state index contributed by atoms with van der Waals surface area (Å²) in [5, 5.41) is 7.02. The quantitative estimate of drug-likeness (QED) is 0.653. The van der Waals surface area contributed by atoms with Crippen molar-refractivity contribution in [3.05, 3.63) is 71.3 Å². The fourth-order valence-electron chi connectivity index (χ4n) is 2.35. The maximum absolute atomic E-state index is 12.4. The third kappa shape index (κ3) is 4.64. The summed E-state index contributed by atoms with van der Waals surface area (Å²) in [6, 6.07) is 9.62. The zero-order valence-electron chi connectivity index (χ0n) is 15.0. The standard InChI is InChI=1S/C19H21N5OS/c1-13-4-6-16(19(25)21-9-15-10-22-24(3)12-15)8-18(13)23-26-17-7-5-14(2)20-11-17/h4-8,10-12,23H,9H2,1-3H3,(H,21,25). The van der Waals surface area contributed by atoms with Crippen LogP contribution >= 0.6 is 11.9 Å². The van der Waals surface area contributed by atoms with Crippen molar-refractivity contribution in [2.45, 2.75) is 25.3 Å². The van der Waals surface area contributed by atoms with Crippen molar-refractivity contribution in [3.63, 3.8) is 0 Å². The smallest absolute Gasteiger partial charge is 0.251 e. The molecular weight excluding hydrogens is 346 g/mol. The fraction of sp³-hybridized carbons (Fsp3) is 0.211. The maximum Gasteiger partial charge on any atom is 0.251 e. The average Bonchev–Trinajstić information content (AvgIpc) is 3.05.